The summed E-state index contributed by atoms with van der Waals surface area (Å²) in [6.45, 7) is 1.69. The van der Waals surface area contributed by atoms with Gasteiger partial charge in [0, 0.05) is 19.6 Å². The molecule has 0 aromatic heterocycles. The van der Waals surface area contributed by atoms with E-state index in [4.69, 9.17) is 5.11 Å². The number of likely N-dealkylation sites (tertiary alicyclic amines) is 1. The highest BCUT2D eigenvalue weighted by Gasteiger charge is 2.23. The molecule has 0 saturated carbocycles. The molecule has 1 aliphatic heterocycles. The number of rotatable bonds is 5. The van der Waals surface area contributed by atoms with E-state index in [1.54, 1.807) is 4.90 Å². The molecule has 1 aromatic carbocycles. The molecular weight excluding hydrogens is 268 g/mol. The first-order valence-electron chi connectivity index (χ1n) is 7.43. The van der Waals surface area contributed by atoms with Crippen LogP contribution in [0.3, 0.4) is 0 Å². The first kappa shape index (κ1) is 15.4. The largest absolute Gasteiger partial charge is 0.481 e. The number of hydrogen-bond acceptors (Lipinski definition) is 2. The molecule has 1 unspecified atom stereocenters. The molecule has 0 radical (unpaired) electrons. The number of carbonyl (C=O) groups is 2. The van der Waals surface area contributed by atoms with Gasteiger partial charge in [-0.25, -0.2) is 4.79 Å². The summed E-state index contributed by atoms with van der Waals surface area (Å²) in [6, 6.07) is 10.2. The second kappa shape index (κ2) is 7.67. The van der Waals surface area contributed by atoms with Gasteiger partial charge in [0.1, 0.15) is 0 Å². The van der Waals surface area contributed by atoms with Gasteiger partial charge in [-0.15, -0.1) is 0 Å². The molecule has 2 rings (SSSR count). The van der Waals surface area contributed by atoms with Gasteiger partial charge in [-0.3, -0.25) is 4.79 Å². The minimum Gasteiger partial charge on any atom is -0.481 e. The number of carbonyl (C=O) groups excluding carboxylic acids is 1. The fraction of sp³-hybridized carbons (Fsp3) is 0.500. The summed E-state index contributed by atoms with van der Waals surface area (Å²) in [7, 11) is 0. The van der Waals surface area contributed by atoms with Crippen LogP contribution in [0.1, 0.15) is 24.8 Å². The van der Waals surface area contributed by atoms with Gasteiger partial charge in [0.15, 0.2) is 0 Å². The van der Waals surface area contributed by atoms with Crippen LogP contribution in [0.4, 0.5) is 4.79 Å². The molecule has 2 N–H and O–H groups in total. The minimum atomic E-state index is -0.893. The van der Waals surface area contributed by atoms with Crippen LogP contribution in [0, 0.1) is 5.92 Å². The van der Waals surface area contributed by atoms with E-state index < -0.39 is 5.97 Å². The Bertz CT molecular complexity index is 476. The second-order valence-electron chi connectivity index (χ2n) is 5.52. The minimum absolute atomic E-state index is 0.0347. The smallest absolute Gasteiger partial charge is 0.317 e. The van der Waals surface area contributed by atoms with Crippen molar-refractivity contribution in [1.29, 1.82) is 0 Å². The molecule has 5 heteroatoms. The van der Waals surface area contributed by atoms with Gasteiger partial charge in [-0.1, -0.05) is 30.3 Å². The van der Waals surface area contributed by atoms with Crippen LogP contribution in [-0.4, -0.2) is 41.6 Å². The standard InChI is InChI=1S/C16H22N2O3/c19-15(20)8-9-17-16(21)18-10-4-7-14(12-18)11-13-5-2-1-3-6-13/h1-3,5-6,14H,4,7-12H2,(H,17,21)(H,19,20). The average Bonchev–Trinajstić information content (AvgIpc) is 2.48. The third-order valence-corrected chi connectivity index (χ3v) is 3.79. The van der Waals surface area contributed by atoms with Crippen molar-refractivity contribution in [1.82, 2.24) is 10.2 Å². The molecular formula is C16H22N2O3. The molecule has 1 saturated heterocycles. The third kappa shape index (κ3) is 5.10. The van der Waals surface area contributed by atoms with Gasteiger partial charge in [-0.05, 0) is 30.7 Å². The van der Waals surface area contributed by atoms with Crippen molar-refractivity contribution < 1.29 is 14.7 Å². The fourth-order valence-corrected chi connectivity index (χ4v) is 2.75. The Morgan fingerprint density at radius 1 is 1.29 bits per heavy atom. The number of nitrogens with zero attached hydrogens (tertiary/aromatic N) is 1. The van der Waals surface area contributed by atoms with Gasteiger partial charge in [0.25, 0.3) is 0 Å². The summed E-state index contributed by atoms with van der Waals surface area (Å²) in [5.41, 5.74) is 1.30. The Morgan fingerprint density at radius 2 is 2.05 bits per heavy atom. The Balaban J connectivity index is 1.80. The summed E-state index contributed by atoms with van der Waals surface area (Å²) in [5.74, 6) is -0.415. The van der Waals surface area contributed by atoms with Crippen molar-refractivity contribution in [3.63, 3.8) is 0 Å². The van der Waals surface area contributed by atoms with Crippen LogP contribution >= 0.6 is 0 Å². The summed E-state index contributed by atoms with van der Waals surface area (Å²) in [5, 5.41) is 11.3. The predicted octanol–water partition coefficient (Wildman–Crippen LogP) is 2.13. The van der Waals surface area contributed by atoms with Crippen LogP contribution in [0.15, 0.2) is 30.3 Å². The molecule has 1 fully saturated rings. The maximum Gasteiger partial charge on any atom is 0.317 e. The molecule has 0 bridgehead atoms. The topological polar surface area (TPSA) is 69.6 Å². The highest BCUT2D eigenvalue weighted by molar-refractivity contribution is 5.75. The second-order valence-corrected chi connectivity index (χ2v) is 5.52. The van der Waals surface area contributed by atoms with E-state index in [9.17, 15) is 9.59 Å². The number of hydrogen-bond donors (Lipinski definition) is 2. The number of urea groups is 1. The molecule has 1 aromatic rings. The van der Waals surface area contributed by atoms with Crippen LogP contribution in [0.25, 0.3) is 0 Å². The third-order valence-electron chi connectivity index (χ3n) is 3.79. The number of aliphatic carboxylic acids is 1. The molecule has 0 spiro atoms. The van der Waals surface area contributed by atoms with Crippen LogP contribution < -0.4 is 5.32 Å². The Labute approximate surface area is 125 Å². The first-order valence-corrected chi connectivity index (χ1v) is 7.43. The molecule has 1 heterocycles. The van der Waals surface area contributed by atoms with Crippen LogP contribution in [-0.2, 0) is 11.2 Å². The lowest BCUT2D eigenvalue weighted by atomic mass is 9.91. The maximum atomic E-state index is 12.0. The van der Waals surface area contributed by atoms with Crippen molar-refractivity contribution >= 4 is 12.0 Å². The maximum absolute atomic E-state index is 12.0. The summed E-state index contributed by atoms with van der Waals surface area (Å²) < 4.78 is 0. The Kier molecular flexibility index (Phi) is 5.60. The van der Waals surface area contributed by atoms with E-state index in [0.29, 0.717) is 5.92 Å². The van der Waals surface area contributed by atoms with Gasteiger partial charge in [-0.2, -0.15) is 0 Å². The lowest BCUT2D eigenvalue weighted by Gasteiger charge is -2.32. The predicted molar refractivity (Wildman–Crippen MR) is 80.1 cm³/mol. The van der Waals surface area contributed by atoms with Crippen LogP contribution in [0.2, 0.25) is 0 Å². The Hall–Kier alpha value is -2.04. The highest BCUT2D eigenvalue weighted by Crippen LogP contribution is 2.20. The van der Waals surface area contributed by atoms with Crippen LogP contribution in [0.5, 0.6) is 0 Å². The van der Waals surface area contributed by atoms with Crippen molar-refractivity contribution in [2.24, 2.45) is 5.92 Å². The van der Waals surface area contributed by atoms with Crippen molar-refractivity contribution in [3.8, 4) is 0 Å². The molecule has 0 aliphatic carbocycles. The van der Waals surface area contributed by atoms with Gasteiger partial charge >= 0.3 is 12.0 Å². The van der Waals surface area contributed by atoms with E-state index >= 15 is 0 Å². The summed E-state index contributed by atoms with van der Waals surface area (Å²) in [6.07, 6.45) is 3.09. The number of benzene rings is 1. The average molecular weight is 290 g/mol. The number of carboxylic acids is 1. The fourth-order valence-electron chi connectivity index (χ4n) is 2.75. The molecule has 114 valence electrons. The number of piperidine rings is 1. The van der Waals surface area contributed by atoms with Crippen molar-refractivity contribution in [2.45, 2.75) is 25.7 Å². The highest BCUT2D eigenvalue weighted by atomic mass is 16.4. The molecule has 2 amide bonds. The molecule has 1 atom stereocenters. The summed E-state index contributed by atoms with van der Waals surface area (Å²) in [4.78, 5) is 24.3. The van der Waals surface area contributed by atoms with Gasteiger partial charge in [0.05, 0.1) is 6.42 Å². The zero-order valence-electron chi connectivity index (χ0n) is 12.1. The van der Waals surface area contributed by atoms with Crippen molar-refractivity contribution in [2.75, 3.05) is 19.6 Å². The normalized spacial score (nSPS) is 18.3. The van der Waals surface area contributed by atoms with E-state index in [1.807, 2.05) is 18.2 Å². The number of nitrogens with one attached hydrogen (secondary N) is 1. The van der Waals surface area contributed by atoms with Gasteiger partial charge < -0.3 is 15.3 Å². The number of amides is 2. The van der Waals surface area contributed by atoms with E-state index in [1.165, 1.54) is 5.56 Å². The Morgan fingerprint density at radius 3 is 2.76 bits per heavy atom. The van der Waals surface area contributed by atoms with Crippen molar-refractivity contribution in [3.05, 3.63) is 35.9 Å². The van der Waals surface area contributed by atoms with E-state index in [2.05, 4.69) is 17.4 Å². The van der Waals surface area contributed by atoms with E-state index in [0.717, 1.165) is 32.4 Å². The quantitative estimate of drug-likeness (QED) is 0.872. The lowest BCUT2D eigenvalue weighted by molar-refractivity contribution is -0.136. The SMILES string of the molecule is O=C(O)CCNC(=O)N1CCCC(Cc2ccccc2)C1. The zero-order chi connectivity index (χ0) is 15.1. The number of carboxylic acid groups (broad SMARTS) is 1. The van der Waals surface area contributed by atoms with E-state index in [-0.39, 0.29) is 19.0 Å². The lowest BCUT2D eigenvalue weighted by Crippen LogP contribution is -2.46. The van der Waals surface area contributed by atoms with Gasteiger partial charge in [0.2, 0.25) is 0 Å². The monoisotopic (exact) mass is 290 g/mol. The zero-order valence-corrected chi connectivity index (χ0v) is 12.1. The molecule has 21 heavy (non-hydrogen) atoms. The first-order chi connectivity index (χ1) is 10.1. The molecule has 5 nitrogen and oxygen atoms in total. The summed E-state index contributed by atoms with van der Waals surface area (Å²) >= 11 is 0. The molecule has 1 aliphatic rings.